The van der Waals surface area contributed by atoms with Gasteiger partial charge in [0.1, 0.15) is 0 Å². The fourth-order valence-electron chi connectivity index (χ4n) is 2.35. The second kappa shape index (κ2) is 4.09. The Morgan fingerprint density at radius 1 is 0.812 bits per heavy atom. The lowest BCUT2D eigenvalue weighted by molar-refractivity contribution is 0.668. The summed E-state index contributed by atoms with van der Waals surface area (Å²) in [5.41, 5.74) is 5.09. The molecule has 0 radical (unpaired) electrons. The third-order valence-corrected chi connectivity index (χ3v) is 3.25. The standard InChI is InChI=1S/C15H15N/c1-2-6-12(7-3-1)15-11-10-13-8-4-5-9-14(13)16-15/h1-3,6-7,10-11H,4-5,8-9H2. The first kappa shape index (κ1) is 9.59. The van der Waals surface area contributed by atoms with Crippen LogP contribution < -0.4 is 0 Å². The van der Waals surface area contributed by atoms with E-state index in [-0.39, 0.29) is 0 Å². The maximum atomic E-state index is 4.78. The molecule has 1 aliphatic rings. The van der Waals surface area contributed by atoms with Gasteiger partial charge in [0.15, 0.2) is 0 Å². The molecule has 1 heterocycles. The monoisotopic (exact) mass is 209 g/mol. The molecular formula is C15H15N. The Hall–Kier alpha value is -1.63. The number of fused-ring (bicyclic) bond motifs is 1. The van der Waals surface area contributed by atoms with E-state index in [1.165, 1.54) is 36.1 Å². The van der Waals surface area contributed by atoms with E-state index in [2.05, 4.69) is 36.4 Å². The number of hydrogen-bond acceptors (Lipinski definition) is 1. The second-order valence-electron chi connectivity index (χ2n) is 4.38. The quantitative estimate of drug-likeness (QED) is 0.699. The summed E-state index contributed by atoms with van der Waals surface area (Å²) in [7, 11) is 0. The SMILES string of the molecule is c1ccc(-c2ccc3c(n2)CCCC3)cc1. The molecule has 2 aromatic rings. The lowest BCUT2D eigenvalue weighted by Crippen LogP contribution is -2.05. The van der Waals surface area contributed by atoms with Gasteiger partial charge in [-0.25, -0.2) is 0 Å². The minimum Gasteiger partial charge on any atom is -0.253 e. The molecule has 0 aliphatic heterocycles. The Bertz CT molecular complexity index is 488. The number of aromatic nitrogens is 1. The molecule has 0 unspecified atom stereocenters. The van der Waals surface area contributed by atoms with E-state index in [9.17, 15) is 0 Å². The number of nitrogens with zero attached hydrogens (tertiary/aromatic N) is 1. The summed E-state index contributed by atoms with van der Waals surface area (Å²) in [6.07, 6.45) is 4.96. The van der Waals surface area contributed by atoms with Crippen LogP contribution in [0.15, 0.2) is 42.5 Å². The molecular weight excluding hydrogens is 194 g/mol. The number of aryl methyl sites for hydroxylation is 2. The maximum Gasteiger partial charge on any atom is 0.0705 e. The average Bonchev–Trinajstić information content (AvgIpc) is 2.39. The number of pyridine rings is 1. The van der Waals surface area contributed by atoms with Gasteiger partial charge in [-0.15, -0.1) is 0 Å². The smallest absolute Gasteiger partial charge is 0.0705 e. The summed E-state index contributed by atoms with van der Waals surface area (Å²) >= 11 is 0. The van der Waals surface area contributed by atoms with Crippen LogP contribution in [-0.4, -0.2) is 4.98 Å². The van der Waals surface area contributed by atoms with E-state index >= 15 is 0 Å². The molecule has 0 atom stereocenters. The van der Waals surface area contributed by atoms with E-state index in [4.69, 9.17) is 4.98 Å². The molecule has 80 valence electrons. The number of benzene rings is 1. The molecule has 1 nitrogen and oxygen atoms in total. The van der Waals surface area contributed by atoms with Crippen LogP contribution in [0.25, 0.3) is 11.3 Å². The van der Waals surface area contributed by atoms with Crippen molar-refractivity contribution < 1.29 is 0 Å². The summed E-state index contributed by atoms with van der Waals surface area (Å²) < 4.78 is 0. The highest BCUT2D eigenvalue weighted by Gasteiger charge is 2.11. The lowest BCUT2D eigenvalue weighted by Gasteiger charge is -2.15. The number of rotatable bonds is 1. The van der Waals surface area contributed by atoms with Crippen molar-refractivity contribution in [1.29, 1.82) is 0 Å². The fourth-order valence-corrected chi connectivity index (χ4v) is 2.35. The molecule has 1 aromatic carbocycles. The van der Waals surface area contributed by atoms with Crippen LogP contribution in [0.2, 0.25) is 0 Å². The summed E-state index contributed by atoms with van der Waals surface area (Å²) in [6, 6.07) is 14.8. The van der Waals surface area contributed by atoms with Gasteiger partial charge in [0.2, 0.25) is 0 Å². The zero-order chi connectivity index (χ0) is 10.8. The van der Waals surface area contributed by atoms with Crippen molar-refractivity contribution in [2.75, 3.05) is 0 Å². The molecule has 0 amide bonds. The molecule has 0 fully saturated rings. The summed E-state index contributed by atoms with van der Waals surface area (Å²) in [4.78, 5) is 4.78. The molecule has 0 spiro atoms. The van der Waals surface area contributed by atoms with E-state index in [0.717, 1.165) is 12.1 Å². The first-order valence-corrected chi connectivity index (χ1v) is 5.98. The van der Waals surface area contributed by atoms with Crippen LogP contribution in [0.5, 0.6) is 0 Å². The van der Waals surface area contributed by atoms with Gasteiger partial charge in [-0.3, -0.25) is 4.98 Å². The molecule has 0 saturated heterocycles. The Labute approximate surface area is 96.2 Å². The van der Waals surface area contributed by atoms with Gasteiger partial charge in [0.05, 0.1) is 5.69 Å². The van der Waals surface area contributed by atoms with E-state index in [0.29, 0.717) is 0 Å². The summed E-state index contributed by atoms with van der Waals surface area (Å²) in [6.45, 7) is 0. The van der Waals surface area contributed by atoms with Crippen molar-refractivity contribution in [2.45, 2.75) is 25.7 Å². The van der Waals surface area contributed by atoms with Gasteiger partial charge < -0.3 is 0 Å². The largest absolute Gasteiger partial charge is 0.253 e. The van der Waals surface area contributed by atoms with E-state index in [1.54, 1.807) is 0 Å². The first-order valence-electron chi connectivity index (χ1n) is 5.98. The lowest BCUT2D eigenvalue weighted by atomic mass is 9.95. The van der Waals surface area contributed by atoms with Crippen molar-refractivity contribution >= 4 is 0 Å². The molecule has 1 aliphatic carbocycles. The van der Waals surface area contributed by atoms with E-state index < -0.39 is 0 Å². The molecule has 1 heteroatoms. The maximum absolute atomic E-state index is 4.78. The highest BCUT2D eigenvalue weighted by Crippen LogP contribution is 2.23. The minimum absolute atomic E-state index is 1.11. The predicted molar refractivity (Wildman–Crippen MR) is 66.3 cm³/mol. The summed E-state index contributed by atoms with van der Waals surface area (Å²) in [5, 5.41) is 0. The summed E-state index contributed by atoms with van der Waals surface area (Å²) in [5.74, 6) is 0. The van der Waals surface area contributed by atoms with Crippen LogP contribution in [0.4, 0.5) is 0 Å². The topological polar surface area (TPSA) is 12.9 Å². The highest BCUT2D eigenvalue weighted by atomic mass is 14.7. The van der Waals surface area contributed by atoms with Crippen LogP contribution in [0, 0.1) is 0 Å². The van der Waals surface area contributed by atoms with Crippen molar-refractivity contribution in [3.8, 4) is 11.3 Å². The first-order chi connectivity index (χ1) is 7.93. The van der Waals surface area contributed by atoms with Crippen LogP contribution in [-0.2, 0) is 12.8 Å². The third kappa shape index (κ3) is 1.73. The van der Waals surface area contributed by atoms with E-state index in [1.807, 2.05) is 6.07 Å². The Kier molecular flexibility index (Phi) is 2.45. The average molecular weight is 209 g/mol. The molecule has 0 N–H and O–H groups in total. The van der Waals surface area contributed by atoms with Crippen molar-refractivity contribution in [3.05, 3.63) is 53.7 Å². The zero-order valence-corrected chi connectivity index (χ0v) is 9.32. The molecule has 1 aromatic heterocycles. The van der Waals surface area contributed by atoms with Crippen molar-refractivity contribution in [2.24, 2.45) is 0 Å². The van der Waals surface area contributed by atoms with Gasteiger partial charge in [0.25, 0.3) is 0 Å². The van der Waals surface area contributed by atoms with Crippen molar-refractivity contribution in [1.82, 2.24) is 4.98 Å². The Balaban J connectivity index is 2.03. The molecule has 0 saturated carbocycles. The predicted octanol–water partition coefficient (Wildman–Crippen LogP) is 3.63. The Morgan fingerprint density at radius 3 is 2.50 bits per heavy atom. The molecule has 16 heavy (non-hydrogen) atoms. The van der Waals surface area contributed by atoms with Crippen LogP contribution >= 0.6 is 0 Å². The number of hydrogen-bond donors (Lipinski definition) is 0. The third-order valence-electron chi connectivity index (χ3n) is 3.25. The fraction of sp³-hybridized carbons (Fsp3) is 0.267. The highest BCUT2D eigenvalue weighted by molar-refractivity contribution is 5.59. The van der Waals surface area contributed by atoms with Crippen LogP contribution in [0.3, 0.4) is 0 Å². The zero-order valence-electron chi connectivity index (χ0n) is 9.32. The molecule has 3 rings (SSSR count). The van der Waals surface area contributed by atoms with Crippen molar-refractivity contribution in [3.63, 3.8) is 0 Å². The van der Waals surface area contributed by atoms with Gasteiger partial charge >= 0.3 is 0 Å². The van der Waals surface area contributed by atoms with Crippen LogP contribution in [0.1, 0.15) is 24.1 Å². The van der Waals surface area contributed by atoms with Gasteiger partial charge in [-0.2, -0.15) is 0 Å². The normalized spacial score (nSPS) is 14.5. The molecule has 0 bridgehead atoms. The van der Waals surface area contributed by atoms with Gasteiger partial charge in [-0.1, -0.05) is 36.4 Å². The van der Waals surface area contributed by atoms with Gasteiger partial charge in [0, 0.05) is 11.3 Å². The Morgan fingerprint density at radius 2 is 1.62 bits per heavy atom. The second-order valence-corrected chi connectivity index (χ2v) is 4.38. The minimum atomic E-state index is 1.11. The van der Waals surface area contributed by atoms with Gasteiger partial charge in [-0.05, 0) is 37.3 Å².